The monoisotopic (exact) mass is 507 g/mol. The number of hydrogen-bond acceptors (Lipinski definition) is 4. The van der Waals surface area contributed by atoms with Crippen LogP contribution >= 0.6 is 22.6 Å². The van der Waals surface area contributed by atoms with E-state index in [2.05, 4.69) is 32.6 Å². The lowest BCUT2D eigenvalue weighted by atomic mass is 10.0. The third kappa shape index (κ3) is 5.93. The molecule has 0 fully saturated rings. The van der Waals surface area contributed by atoms with E-state index in [-0.39, 0.29) is 12.0 Å². The van der Waals surface area contributed by atoms with E-state index in [9.17, 15) is 27.9 Å². The van der Waals surface area contributed by atoms with Gasteiger partial charge in [-0.05, 0) is 58.0 Å². The minimum atomic E-state index is -4.52. The Morgan fingerprint density at radius 1 is 1.11 bits per heavy atom. The van der Waals surface area contributed by atoms with Gasteiger partial charge < -0.3 is 15.2 Å². The normalized spacial score (nSPS) is 13.5. The third-order valence-electron chi connectivity index (χ3n) is 3.96. The molecule has 1 amide bonds. The van der Waals surface area contributed by atoms with Crippen molar-refractivity contribution in [1.82, 2.24) is 5.32 Å². The number of amides is 1. The number of rotatable bonds is 6. The molecule has 2 aromatic carbocycles. The number of alkyl halides is 3. The highest BCUT2D eigenvalue weighted by Gasteiger charge is 2.31. The first-order valence-corrected chi connectivity index (χ1v) is 9.17. The van der Waals surface area contributed by atoms with E-state index < -0.39 is 35.8 Å². The average molecular weight is 507 g/mol. The van der Waals surface area contributed by atoms with Crippen LogP contribution in [-0.4, -0.2) is 30.1 Å². The summed E-state index contributed by atoms with van der Waals surface area (Å²) < 4.78 is 43.5. The van der Waals surface area contributed by atoms with E-state index in [1.54, 1.807) is 12.1 Å². The Morgan fingerprint density at radius 3 is 2.18 bits per heavy atom. The highest BCUT2D eigenvalue weighted by atomic mass is 127. The highest BCUT2D eigenvalue weighted by Crippen LogP contribution is 2.30. The Balaban J connectivity index is 2.11. The Hall–Kier alpha value is -2.14. The number of methoxy groups -OCH3 is 1. The largest absolute Gasteiger partial charge is 0.467 e. The molecule has 0 aliphatic rings. The van der Waals surface area contributed by atoms with Gasteiger partial charge in [-0.3, -0.25) is 4.79 Å². The topological polar surface area (TPSA) is 75.6 Å². The number of benzene rings is 2. The van der Waals surface area contributed by atoms with E-state index in [1.165, 1.54) is 7.11 Å². The molecule has 0 aromatic heterocycles. The van der Waals surface area contributed by atoms with Crippen LogP contribution in [0.2, 0.25) is 0 Å². The zero-order valence-electron chi connectivity index (χ0n) is 14.7. The fourth-order valence-corrected chi connectivity index (χ4v) is 2.81. The predicted octanol–water partition coefficient (Wildman–Crippen LogP) is 3.24. The molecule has 2 N–H and O–H groups in total. The van der Waals surface area contributed by atoms with Gasteiger partial charge in [0.2, 0.25) is 0 Å². The van der Waals surface area contributed by atoms with Gasteiger partial charge >= 0.3 is 12.1 Å². The van der Waals surface area contributed by atoms with Gasteiger partial charge in [0.1, 0.15) is 6.04 Å². The number of carbonyl (C=O) groups excluding carboxylic acids is 2. The standard InChI is InChI=1S/C19H17F3INO4/c1-28-18(27)15(10-11-2-8-14(23)9-3-11)24-17(26)16(25)12-4-6-13(7-5-12)19(20,21)22/h2-9,15-16,25H,10H2,1H3,(H,24,26)/t15-,16+/m0/s1. The number of aliphatic hydroxyl groups is 1. The second kappa shape index (κ2) is 9.37. The van der Waals surface area contributed by atoms with Crippen molar-refractivity contribution in [1.29, 1.82) is 0 Å². The van der Waals surface area contributed by atoms with Gasteiger partial charge in [0.05, 0.1) is 12.7 Å². The molecule has 9 heteroatoms. The summed E-state index contributed by atoms with van der Waals surface area (Å²) in [5, 5.41) is 12.5. The Kier molecular flexibility index (Phi) is 7.41. The number of hydrogen-bond donors (Lipinski definition) is 2. The number of carbonyl (C=O) groups is 2. The van der Waals surface area contributed by atoms with E-state index in [1.807, 2.05) is 12.1 Å². The molecule has 2 atom stereocenters. The smallest absolute Gasteiger partial charge is 0.416 e. The molecular weight excluding hydrogens is 490 g/mol. The van der Waals surface area contributed by atoms with Crippen molar-refractivity contribution in [2.45, 2.75) is 24.7 Å². The fourth-order valence-electron chi connectivity index (χ4n) is 2.45. The molecule has 150 valence electrons. The molecule has 0 unspecified atom stereocenters. The first-order valence-electron chi connectivity index (χ1n) is 8.09. The van der Waals surface area contributed by atoms with Crippen LogP contribution in [0.25, 0.3) is 0 Å². The van der Waals surface area contributed by atoms with Crippen molar-refractivity contribution in [3.8, 4) is 0 Å². The molecule has 2 aromatic rings. The van der Waals surface area contributed by atoms with Crippen LogP contribution in [0.4, 0.5) is 13.2 Å². The zero-order chi connectivity index (χ0) is 20.9. The van der Waals surface area contributed by atoms with Crippen LogP contribution in [0.3, 0.4) is 0 Å². The van der Waals surface area contributed by atoms with Gasteiger partial charge in [0.15, 0.2) is 6.10 Å². The lowest BCUT2D eigenvalue weighted by molar-refractivity contribution is -0.146. The van der Waals surface area contributed by atoms with Gasteiger partial charge in [-0.15, -0.1) is 0 Å². The summed E-state index contributed by atoms with van der Waals surface area (Å²) in [7, 11) is 1.17. The van der Waals surface area contributed by atoms with E-state index in [0.29, 0.717) is 0 Å². The maximum Gasteiger partial charge on any atom is 0.416 e. The SMILES string of the molecule is COC(=O)[C@H](Cc1ccc(I)cc1)NC(=O)[C@H](O)c1ccc(C(F)(F)F)cc1. The average Bonchev–Trinajstić information content (AvgIpc) is 2.67. The zero-order valence-corrected chi connectivity index (χ0v) is 16.8. The Labute approximate surface area is 173 Å². The second-order valence-electron chi connectivity index (χ2n) is 5.94. The molecule has 0 aliphatic heterocycles. The number of nitrogens with one attached hydrogen (secondary N) is 1. The maximum atomic E-state index is 12.6. The van der Waals surface area contributed by atoms with E-state index in [4.69, 9.17) is 0 Å². The van der Waals surface area contributed by atoms with Crippen LogP contribution in [0.5, 0.6) is 0 Å². The van der Waals surface area contributed by atoms with Crippen molar-refractivity contribution in [2.24, 2.45) is 0 Å². The Bertz CT molecular complexity index is 823. The second-order valence-corrected chi connectivity index (χ2v) is 7.18. The number of aliphatic hydroxyl groups excluding tert-OH is 1. The van der Waals surface area contributed by atoms with Crippen molar-refractivity contribution in [3.63, 3.8) is 0 Å². The molecule has 0 heterocycles. The minimum Gasteiger partial charge on any atom is -0.467 e. The quantitative estimate of drug-likeness (QED) is 0.465. The van der Waals surface area contributed by atoms with Crippen molar-refractivity contribution >= 4 is 34.5 Å². The molecule has 0 saturated carbocycles. The summed E-state index contributed by atoms with van der Waals surface area (Å²) in [6, 6.07) is 9.77. The summed E-state index contributed by atoms with van der Waals surface area (Å²) in [5.41, 5.74) is -0.154. The molecule has 0 spiro atoms. The molecule has 2 rings (SSSR count). The third-order valence-corrected chi connectivity index (χ3v) is 4.68. The van der Waals surface area contributed by atoms with Crippen LogP contribution in [0.15, 0.2) is 48.5 Å². The minimum absolute atomic E-state index is 0.0246. The van der Waals surface area contributed by atoms with Gasteiger partial charge in [0, 0.05) is 9.99 Å². The molecule has 0 aliphatic carbocycles. The molecule has 5 nitrogen and oxygen atoms in total. The molecule has 0 saturated heterocycles. The first-order chi connectivity index (χ1) is 13.1. The lowest BCUT2D eigenvalue weighted by Crippen LogP contribution is -2.45. The van der Waals surface area contributed by atoms with Gasteiger partial charge in [-0.1, -0.05) is 24.3 Å². The Morgan fingerprint density at radius 2 is 1.68 bits per heavy atom. The van der Waals surface area contributed by atoms with Crippen molar-refractivity contribution in [2.75, 3.05) is 7.11 Å². The highest BCUT2D eigenvalue weighted by molar-refractivity contribution is 14.1. The van der Waals surface area contributed by atoms with E-state index >= 15 is 0 Å². The fraction of sp³-hybridized carbons (Fsp3) is 0.263. The number of ether oxygens (including phenoxy) is 1. The molecular formula is C19H17F3INO4. The first kappa shape index (κ1) is 22.2. The molecule has 0 radical (unpaired) electrons. The van der Waals surface area contributed by atoms with E-state index in [0.717, 1.165) is 33.4 Å². The molecule has 0 bridgehead atoms. The van der Waals surface area contributed by atoms with Crippen LogP contribution in [-0.2, 0) is 26.9 Å². The van der Waals surface area contributed by atoms with Gasteiger partial charge in [-0.25, -0.2) is 4.79 Å². The van der Waals surface area contributed by atoms with Crippen LogP contribution in [0, 0.1) is 3.57 Å². The lowest BCUT2D eigenvalue weighted by Gasteiger charge is -2.19. The molecule has 28 heavy (non-hydrogen) atoms. The summed E-state index contributed by atoms with van der Waals surface area (Å²) in [6.45, 7) is 0. The summed E-state index contributed by atoms with van der Waals surface area (Å²) in [6.07, 6.45) is -6.12. The summed E-state index contributed by atoms with van der Waals surface area (Å²) in [4.78, 5) is 24.3. The summed E-state index contributed by atoms with van der Waals surface area (Å²) >= 11 is 2.13. The predicted molar refractivity (Wildman–Crippen MR) is 103 cm³/mol. The number of esters is 1. The van der Waals surface area contributed by atoms with Crippen molar-refractivity contribution in [3.05, 3.63) is 68.8 Å². The maximum absolute atomic E-state index is 12.6. The number of halogens is 4. The van der Waals surface area contributed by atoms with Gasteiger partial charge in [0.25, 0.3) is 5.91 Å². The van der Waals surface area contributed by atoms with Crippen LogP contribution in [0.1, 0.15) is 22.8 Å². The summed E-state index contributed by atoms with van der Waals surface area (Å²) in [5.74, 6) is -1.62. The van der Waals surface area contributed by atoms with Gasteiger partial charge in [-0.2, -0.15) is 13.2 Å². The van der Waals surface area contributed by atoms with Crippen LogP contribution < -0.4 is 5.32 Å². The van der Waals surface area contributed by atoms with Crippen molar-refractivity contribution < 1.29 is 32.6 Å².